The van der Waals surface area contributed by atoms with Crippen molar-refractivity contribution in [3.05, 3.63) is 29.1 Å². The summed E-state index contributed by atoms with van der Waals surface area (Å²) in [5.74, 6) is -0.747. The number of halogens is 3. The number of nitrogens with zero attached hydrogens (tertiary/aromatic N) is 3. The third-order valence-corrected chi connectivity index (χ3v) is 2.92. The number of aromatic nitrogens is 1. The molecule has 0 aromatic carbocycles. The summed E-state index contributed by atoms with van der Waals surface area (Å²) in [5, 5.41) is 11.7. The Balaban J connectivity index is 2.42. The van der Waals surface area contributed by atoms with Crippen molar-refractivity contribution in [1.29, 1.82) is 5.26 Å². The van der Waals surface area contributed by atoms with E-state index in [0.29, 0.717) is 26.2 Å². The number of piperazine rings is 1. The topological polar surface area (TPSA) is 69.0 Å². The van der Waals surface area contributed by atoms with Crippen LogP contribution in [0.4, 0.5) is 13.2 Å². The molecule has 1 fully saturated rings. The fourth-order valence-electron chi connectivity index (χ4n) is 1.95. The quantitative estimate of drug-likeness (QED) is 0.836. The highest BCUT2D eigenvalue weighted by molar-refractivity contribution is 5.95. The standard InChI is InChI=1S/C12H11F3N4O/c13-12(14,15)10-9(5-8(6-16)7-18-10)11(20)19-3-1-17-2-4-19/h5,7,17H,1-4H2. The highest BCUT2D eigenvalue weighted by atomic mass is 19.4. The fraction of sp³-hybridized carbons (Fsp3) is 0.417. The molecule has 1 aromatic rings. The number of hydrogen-bond donors (Lipinski definition) is 1. The van der Waals surface area contributed by atoms with Crippen LogP contribution in [0.5, 0.6) is 0 Å². The summed E-state index contributed by atoms with van der Waals surface area (Å²) in [4.78, 5) is 16.7. The van der Waals surface area contributed by atoms with E-state index in [2.05, 4.69) is 10.3 Å². The molecule has 1 aromatic heterocycles. The molecule has 2 rings (SSSR count). The fourth-order valence-corrected chi connectivity index (χ4v) is 1.95. The molecule has 1 N–H and O–H groups in total. The van der Waals surface area contributed by atoms with Crippen molar-refractivity contribution in [3.8, 4) is 6.07 Å². The lowest BCUT2D eigenvalue weighted by atomic mass is 10.1. The Labute approximate surface area is 113 Å². The summed E-state index contributed by atoms with van der Waals surface area (Å²) in [5.41, 5.74) is -1.89. The molecule has 1 aliphatic heterocycles. The van der Waals surface area contributed by atoms with E-state index < -0.39 is 23.3 Å². The van der Waals surface area contributed by atoms with Crippen molar-refractivity contribution in [2.24, 2.45) is 0 Å². The second-order valence-corrected chi connectivity index (χ2v) is 4.27. The van der Waals surface area contributed by atoms with Gasteiger partial charge in [-0.1, -0.05) is 0 Å². The minimum Gasteiger partial charge on any atom is -0.336 e. The molecule has 106 valence electrons. The van der Waals surface area contributed by atoms with Gasteiger partial charge in [0.25, 0.3) is 5.91 Å². The summed E-state index contributed by atoms with van der Waals surface area (Å²) in [6, 6.07) is 2.64. The van der Waals surface area contributed by atoms with Crippen LogP contribution in [-0.2, 0) is 6.18 Å². The predicted octanol–water partition coefficient (Wildman–Crippen LogP) is 1.02. The molecule has 0 spiro atoms. The molecule has 0 bridgehead atoms. The average Bonchev–Trinajstić information content (AvgIpc) is 2.45. The molecule has 1 saturated heterocycles. The normalized spacial score (nSPS) is 15.8. The zero-order valence-electron chi connectivity index (χ0n) is 10.4. The molecule has 1 amide bonds. The summed E-state index contributed by atoms with van der Waals surface area (Å²) < 4.78 is 38.6. The van der Waals surface area contributed by atoms with Crippen LogP contribution in [0.15, 0.2) is 12.3 Å². The Morgan fingerprint density at radius 3 is 2.60 bits per heavy atom. The smallest absolute Gasteiger partial charge is 0.336 e. The van der Waals surface area contributed by atoms with Crippen molar-refractivity contribution in [3.63, 3.8) is 0 Å². The molecule has 2 heterocycles. The zero-order valence-corrected chi connectivity index (χ0v) is 10.4. The van der Waals surface area contributed by atoms with Crippen molar-refractivity contribution in [2.75, 3.05) is 26.2 Å². The lowest BCUT2D eigenvalue weighted by Gasteiger charge is -2.28. The Hall–Kier alpha value is -2.14. The molecule has 0 aliphatic carbocycles. The predicted molar refractivity (Wildman–Crippen MR) is 62.7 cm³/mol. The van der Waals surface area contributed by atoms with E-state index in [1.165, 1.54) is 4.90 Å². The van der Waals surface area contributed by atoms with Gasteiger partial charge in [-0.15, -0.1) is 0 Å². The van der Waals surface area contributed by atoms with Gasteiger partial charge >= 0.3 is 6.18 Å². The number of nitriles is 1. The molecular formula is C12H11F3N4O. The van der Waals surface area contributed by atoms with Gasteiger partial charge in [0, 0.05) is 32.4 Å². The molecule has 5 nitrogen and oxygen atoms in total. The van der Waals surface area contributed by atoms with Crippen molar-refractivity contribution in [2.45, 2.75) is 6.18 Å². The molecule has 8 heteroatoms. The summed E-state index contributed by atoms with van der Waals surface area (Å²) >= 11 is 0. The van der Waals surface area contributed by atoms with Crippen LogP contribution in [-0.4, -0.2) is 42.0 Å². The Morgan fingerprint density at radius 1 is 1.40 bits per heavy atom. The summed E-state index contributed by atoms with van der Waals surface area (Å²) in [6.45, 7) is 1.71. The van der Waals surface area contributed by atoms with Crippen LogP contribution >= 0.6 is 0 Å². The van der Waals surface area contributed by atoms with Gasteiger partial charge in [0.1, 0.15) is 6.07 Å². The van der Waals surface area contributed by atoms with Gasteiger partial charge in [-0.2, -0.15) is 18.4 Å². The second kappa shape index (κ2) is 5.46. The first-order valence-electron chi connectivity index (χ1n) is 5.91. The Bertz CT molecular complexity index is 559. The number of amides is 1. The lowest BCUT2D eigenvalue weighted by Crippen LogP contribution is -2.46. The van der Waals surface area contributed by atoms with Crippen LogP contribution in [0.3, 0.4) is 0 Å². The maximum atomic E-state index is 12.9. The maximum absolute atomic E-state index is 12.9. The lowest BCUT2D eigenvalue weighted by molar-refractivity contribution is -0.141. The highest BCUT2D eigenvalue weighted by Crippen LogP contribution is 2.31. The second-order valence-electron chi connectivity index (χ2n) is 4.27. The van der Waals surface area contributed by atoms with Crippen LogP contribution in [0.2, 0.25) is 0 Å². The Kier molecular flexibility index (Phi) is 3.90. The van der Waals surface area contributed by atoms with E-state index in [-0.39, 0.29) is 5.56 Å². The molecule has 1 aliphatic rings. The first-order valence-corrected chi connectivity index (χ1v) is 5.91. The number of carbonyl (C=O) groups excluding carboxylic acids is 1. The Morgan fingerprint density at radius 2 is 2.05 bits per heavy atom. The molecular weight excluding hydrogens is 273 g/mol. The maximum Gasteiger partial charge on any atom is 0.434 e. The minimum absolute atomic E-state index is 0.0727. The van der Waals surface area contributed by atoms with E-state index >= 15 is 0 Å². The van der Waals surface area contributed by atoms with Crippen LogP contribution in [0.25, 0.3) is 0 Å². The average molecular weight is 284 g/mol. The number of rotatable bonds is 1. The van der Waals surface area contributed by atoms with Gasteiger partial charge in [0.2, 0.25) is 0 Å². The number of carbonyl (C=O) groups is 1. The summed E-state index contributed by atoms with van der Waals surface area (Å²) in [7, 11) is 0. The van der Waals surface area contributed by atoms with Gasteiger partial charge < -0.3 is 10.2 Å². The van der Waals surface area contributed by atoms with Gasteiger partial charge in [0.05, 0.1) is 11.1 Å². The van der Waals surface area contributed by atoms with Crippen molar-refractivity contribution >= 4 is 5.91 Å². The summed E-state index contributed by atoms with van der Waals surface area (Å²) in [6.07, 6.45) is -3.91. The first kappa shape index (κ1) is 14.3. The molecule has 20 heavy (non-hydrogen) atoms. The number of pyridine rings is 1. The zero-order chi connectivity index (χ0) is 14.8. The number of nitrogens with one attached hydrogen (secondary N) is 1. The van der Waals surface area contributed by atoms with Crippen molar-refractivity contribution in [1.82, 2.24) is 15.2 Å². The molecule has 0 unspecified atom stereocenters. The van der Waals surface area contributed by atoms with E-state index in [1.807, 2.05) is 0 Å². The minimum atomic E-state index is -4.73. The van der Waals surface area contributed by atoms with Crippen molar-refractivity contribution < 1.29 is 18.0 Å². The SMILES string of the molecule is N#Cc1cnc(C(F)(F)F)c(C(=O)N2CCNCC2)c1. The van der Waals surface area contributed by atoms with E-state index in [0.717, 1.165) is 12.3 Å². The molecule has 0 radical (unpaired) electrons. The monoisotopic (exact) mass is 284 g/mol. The van der Waals surface area contributed by atoms with Crippen LogP contribution in [0, 0.1) is 11.3 Å². The van der Waals surface area contributed by atoms with Gasteiger partial charge in [-0.3, -0.25) is 4.79 Å². The van der Waals surface area contributed by atoms with Gasteiger partial charge in [-0.05, 0) is 6.07 Å². The van der Waals surface area contributed by atoms with Gasteiger partial charge in [0.15, 0.2) is 5.69 Å². The van der Waals surface area contributed by atoms with E-state index in [4.69, 9.17) is 5.26 Å². The van der Waals surface area contributed by atoms with E-state index in [9.17, 15) is 18.0 Å². The highest BCUT2D eigenvalue weighted by Gasteiger charge is 2.38. The molecule has 0 saturated carbocycles. The van der Waals surface area contributed by atoms with Crippen LogP contribution in [0.1, 0.15) is 21.6 Å². The van der Waals surface area contributed by atoms with E-state index in [1.54, 1.807) is 6.07 Å². The third kappa shape index (κ3) is 2.88. The third-order valence-electron chi connectivity index (χ3n) is 2.92. The first-order chi connectivity index (χ1) is 9.43. The van der Waals surface area contributed by atoms with Gasteiger partial charge in [-0.25, -0.2) is 4.98 Å². The largest absolute Gasteiger partial charge is 0.434 e. The number of hydrogen-bond acceptors (Lipinski definition) is 4. The van der Waals surface area contributed by atoms with Crippen LogP contribution < -0.4 is 5.32 Å². The number of alkyl halides is 3. The molecule has 0 atom stereocenters.